The van der Waals surface area contributed by atoms with Crippen LogP contribution >= 0.6 is 23.4 Å². The Labute approximate surface area is 260 Å². The monoisotopic (exact) mass is 653 g/mol. The van der Waals surface area contributed by atoms with Gasteiger partial charge in [-0.2, -0.15) is 4.39 Å². The Bertz CT molecular complexity index is 1420. The van der Waals surface area contributed by atoms with E-state index in [4.69, 9.17) is 21.3 Å². The Hall–Kier alpha value is -2.61. The number of fused-ring (bicyclic) bond motifs is 1. The molecule has 1 aliphatic carbocycles. The minimum Gasteiger partial charge on any atom is -0.465 e. The number of halogens is 3. The molecule has 9 nitrogen and oxygen atoms in total. The van der Waals surface area contributed by atoms with E-state index in [1.165, 1.54) is 30.6 Å². The number of hydrogen-bond donors (Lipinski definition) is 2. The van der Waals surface area contributed by atoms with E-state index in [9.17, 15) is 19.1 Å². The van der Waals surface area contributed by atoms with E-state index in [2.05, 4.69) is 34.9 Å². The number of carbonyl (C=O) groups excluding carboxylic acids is 1. The van der Waals surface area contributed by atoms with E-state index in [0.29, 0.717) is 18.1 Å². The number of rotatable bonds is 9. The zero-order chi connectivity index (χ0) is 32.0. The second-order valence-corrected chi connectivity index (χ2v) is 21.0. The van der Waals surface area contributed by atoms with Crippen LogP contribution in [0.15, 0.2) is 35.6 Å². The van der Waals surface area contributed by atoms with Crippen LogP contribution in [0.5, 0.6) is 0 Å². The molecule has 4 rings (SSSR count). The summed E-state index contributed by atoms with van der Waals surface area (Å²) in [6.45, 7) is 13.5. The molecule has 4 atom stereocenters. The highest BCUT2D eigenvalue weighted by Gasteiger charge is 2.68. The number of amides is 2. The predicted octanol–water partition coefficient (Wildman–Crippen LogP) is 7.27. The van der Waals surface area contributed by atoms with Crippen molar-refractivity contribution >= 4 is 54.3 Å². The Morgan fingerprint density at radius 2 is 1.98 bits per heavy atom. The molecule has 2 N–H and O–H groups in total. The number of nitrogens with one attached hydrogen (secondary N) is 1. The van der Waals surface area contributed by atoms with Gasteiger partial charge in [0.25, 0.3) is 5.91 Å². The molecule has 2 amide bonds. The van der Waals surface area contributed by atoms with Gasteiger partial charge in [0.15, 0.2) is 5.17 Å². The molecule has 234 valence electrons. The average Bonchev–Trinajstić information content (AvgIpc) is 3.64. The van der Waals surface area contributed by atoms with Crippen molar-refractivity contribution in [2.45, 2.75) is 76.3 Å². The zero-order valence-electron chi connectivity index (χ0n) is 25.4. The fourth-order valence-electron chi connectivity index (χ4n) is 5.17. The molecular weight excluding hydrogens is 616 g/mol. The number of amidine groups is 1. The van der Waals surface area contributed by atoms with Crippen LogP contribution in [-0.4, -0.2) is 69.5 Å². The Balaban J connectivity index is 1.74. The Morgan fingerprint density at radius 3 is 2.53 bits per heavy atom. The molecule has 2 aliphatic rings. The van der Waals surface area contributed by atoms with Crippen LogP contribution in [-0.2, 0) is 10.3 Å². The van der Waals surface area contributed by atoms with Crippen LogP contribution in [0.3, 0.4) is 0 Å². The standard InChI is InChI=1S/C29H38ClF2N5O4SSi/c1-27(2,3)24(41-10-11-43(5,6)7)37(26(39)40)25-36-28(4,21-13-29(21,16-31)42-25)19-12-18(15-34-22(19)32)35-23(38)20-9-8-17(30)14-33-20/h8-9,12,14-15,21,24H,10-11,13,16H2,1-7H3,(H,35,38)(H,39,40)/t21-,24?,28+,29+/m0/s1. The molecule has 43 heavy (non-hydrogen) atoms. The lowest BCUT2D eigenvalue weighted by atomic mass is 9.86. The lowest BCUT2D eigenvalue weighted by Gasteiger charge is -2.42. The van der Waals surface area contributed by atoms with Gasteiger partial charge < -0.3 is 15.2 Å². The van der Waals surface area contributed by atoms with Crippen molar-refractivity contribution in [1.29, 1.82) is 0 Å². The van der Waals surface area contributed by atoms with Gasteiger partial charge in [0.05, 0.1) is 27.2 Å². The Morgan fingerprint density at radius 1 is 1.28 bits per heavy atom. The van der Waals surface area contributed by atoms with Crippen molar-refractivity contribution in [2.75, 3.05) is 18.6 Å². The molecule has 1 fully saturated rings. The van der Waals surface area contributed by atoms with Gasteiger partial charge in [-0.3, -0.25) is 9.79 Å². The van der Waals surface area contributed by atoms with E-state index in [1.807, 2.05) is 20.8 Å². The van der Waals surface area contributed by atoms with Gasteiger partial charge in [0.2, 0.25) is 5.95 Å². The maximum absolute atomic E-state index is 15.5. The third-order valence-corrected chi connectivity index (χ3v) is 11.0. The van der Waals surface area contributed by atoms with Gasteiger partial charge in [-0.05, 0) is 37.6 Å². The number of anilines is 1. The first-order valence-corrected chi connectivity index (χ1v) is 18.9. The number of hydrogen-bond acceptors (Lipinski definition) is 7. The molecule has 1 unspecified atom stereocenters. The number of thioether (sulfide) groups is 1. The van der Waals surface area contributed by atoms with E-state index >= 15 is 4.39 Å². The van der Waals surface area contributed by atoms with Crippen molar-refractivity contribution in [3.05, 3.63) is 52.8 Å². The lowest BCUT2D eigenvalue weighted by Crippen LogP contribution is -2.53. The number of aromatic nitrogens is 2. The number of carboxylic acid groups (broad SMARTS) is 1. The molecule has 0 bridgehead atoms. The fourth-order valence-corrected chi connectivity index (χ4v) is 7.55. The summed E-state index contributed by atoms with van der Waals surface area (Å²) in [4.78, 5) is 39.3. The first-order valence-electron chi connectivity index (χ1n) is 14.0. The van der Waals surface area contributed by atoms with Crippen molar-refractivity contribution in [2.24, 2.45) is 16.3 Å². The molecule has 14 heteroatoms. The van der Waals surface area contributed by atoms with Gasteiger partial charge in [-0.15, -0.1) is 0 Å². The van der Waals surface area contributed by atoms with E-state index < -0.39 is 60.5 Å². The molecule has 0 aromatic carbocycles. The maximum Gasteiger partial charge on any atom is 0.415 e. The first-order chi connectivity index (χ1) is 19.9. The minimum atomic E-state index is -1.49. The SMILES string of the molecule is CC(C)(C)C(OCC[Si](C)(C)C)N(C(=O)O)C1=N[C@](C)(c2cc(NC(=O)c3ccc(Cl)cn3)cnc2F)[C@@H]2C[C@]2(CF)S1. The van der Waals surface area contributed by atoms with Crippen LogP contribution in [0.4, 0.5) is 19.3 Å². The van der Waals surface area contributed by atoms with Gasteiger partial charge >= 0.3 is 6.09 Å². The first kappa shape index (κ1) is 33.3. The van der Waals surface area contributed by atoms with Crippen molar-refractivity contribution in [3.8, 4) is 0 Å². The second-order valence-electron chi connectivity index (χ2n) is 13.5. The highest BCUT2D eigenvalue weighted by atomic mass is 35.5. The molecule has 1 aliphatic heterocycles. The average molecular weight is 654 g/mol. The second kappa shape index (κ2) is 12.1. The van der Waals surface area contributed by atoms with Crippen LogP contribution < -0.4 is 5.32 Å². The number of nitrogens with zero attached hydrogens (tertiary/aromatic N) is 4. The summed E-state index contributed by atoms with van der Waals surface area (Å²) in [5, 5.41) is 13.5. The summed E-state index contributed by atoms with van der Waals surface area (Å²) in [7, 11) is -1.49. The maximum atomic E-state index is 15.5. The van der Waals surface area contributed by atoms with Crippen molar-refractivity contribution in [1.82, 2.24) is 14.9 Å². The van der Waals surface area contributed by atoms with E-state index in [1.54, 1.807) is 6.92 Å². The fraction of sp³-hybridized carbons (Fsp3) is 0.552. The minimum absolute atomic E-state index is 0.0183. The topological polar surface area (TPSA) is 117 Å². The van der Waals surface area contributed by atoms with Gasteiger partial charge in [-0.1, -0.05) is 63.8 Å². The van der Waals surface area contributed by atoms with E-state index in [-0.39, 0.29) is 22.1 Å². The van der Waals surface area contributed by atoms with Gasteiger partial charge in [0, 0.05) is 37.8 Å². The number of alkyl halides is 1. The summed E-state index contributed by atoms with van der Waals surface area (Å²) in [5.74, 6) is -1.84. The molecule has 0 radical (unpaired) electrons. The van der Waals surface area contributed by atoms with E-state index in [0.717, 1.165) is 22.7 Å². The molecule has 0 spiro atoms. The quantitative estimate of drug-likeness (QED) is 0.166. The van der Waals surface area contributed by atoms with Crippen LogP contribution in [0, 0.1) is 17.3 Å². The summed E-state index contributed by atoms with van der Waals surface area (Å²) < 4.78 is 35.4. The van der Waals surface area contributed by atoms with Crippen molar-refractivity contribution < 1.29 is 28.2 Å². The molecule has 3 heterocycles. The molecule has 2 aromatic rings. The summed E-state index contributed by atoms with van der Waals surface area (Å²) in [6.07, 6.45) is 0.624. The molecule has 1 saturated carbocycles. The normalized spacial score (nSPS) is 24.0. The summed E-state index contributed by atoms with van der Waals surface area (Å²) >= 11 is 6.93. The summed E-state index contributed by atoms with van der Waals surface area (Å²) in [6, 6.07) is 5.20. The molecule has 2 aromatic heterocycles. The number of ether oxygens (including phenoxy) is 1. The Kier molecular flexibility index (Phi) is 9.33. The van der Waals surface area contributed by atoms with Gasteiger partial charge in [0.1, 0.15) is 18.6 Å². The third-order valence-electron chi connectivity index (χ3n) is 7.67. The van der Waals surface area contributed by atoms with Crippen molar-refractivity contribution in [3.63, 3.8) is 0 Å². The number of aliphatic imine (C=N–C) groups is 1. The highest BCUT2D eigenvalue weighted by Crippen LogP contribution is 2.67. The predicted molar refractivity (Wildman–Crippen MR) is 168 cm³/mol. The molecule has 0 saturated heterocycles. The third kappa shape index (κ3) is 7.21. The molecular formula is C29H38ClF2N5O4SSi. The zero-order valence-corrected chi connectivity index (χ0v) is 27.9. The number of carbonyl (C=O) groups is 2. The van der Waals surface area contributed by atoms with Crippen LogP contribution in [0.1, 0.15) is 50.2 Å². The largest absolute Gasteiger partial charge is 0.465 e. The van der Waals surface area contributed by atoms with Crippen LogP contribution in [0.2, 0.25) is 30.7 Å². The number of pyridine rings is 2. The lowest BCUT2D eigenvalue weighted by molar-refractivity contribution is -0.0761. The van der Waals surface area contributed by atoms with Crippen LogP contribution in [0.25, 0.3) is 0 Å². The smallest absolute Gasteiger partial charge is 0.415 e. The van der Waals surface area contributed by atoms with Gasteiger partial charge in [-0.25, -0.2) is 24.1 Å². The summed E-state index contributed by atoms with van der Waals surface area (Å²) in [5.41, 5.74) is -1.75. The highest BCUT2D eigenvalue weighted by molar-refractivity contribution is 8.15.